The third kappa shape index (κ3) is 3.99. The topological polar surface area (TPSA) is 52.9 Å². The van der Waals surface area contributed by atoms with Gasteiger partial charge in [0, 0.05) is 36.6 Å². The van der Waals surface area contributed by atoms with Gasteiger partial charge in [0.25, 0.3) is 0 Å². The predicted molar refractivity (Wildman–Crippen MR) is 106 cm³/mol. The summed E-state index contributed by atoms with van der Waals surface area (Å²) in [4.78, 5) is 2.28. The van der Waals surface area contributed by atoms with Crippen molar-refractivity contribution in [3.8, 4) is 5.75 Å². The highest BCUT2D eigenvalue weighted by molar-refractivity contribution is 6.30. The number of hydrogen-bond acceptors (Lipinski definition) is 4. The van der Waals surface area contributed by atoms with E-state index in [1.165, 1.54) is 5.56 Å². The van der Waals surface area contributed by atoms with E-state index in [2.05, 4.69) is 4.90 Å². The third-order valence-corrected chi connectivity index (χ3v) is 6.12. The van der Waals surface area contributed by atoms with Gasteiger partial charge in [-0.15, -0.1) is 0 Å². The Kier molecular flexibility index (Phi) is 5.17. The zero-order chi connectivity index (χ0) is 19.0. The molecule has 4 nitrogen and oxygen atoms in total. The minimum absolute atomic E-state index is 0.328. The maximum absolute atomic E-state index is 10.6. The molecule has 1 saturated heterocycles. The van der Waals surface area contributed by atoms with Gasteiger partial charge in [-0.3, -0.25) is 0 Å². The number of rotatable bonds is 3. The van der Waals surface area contributed by atoms with Crippen molar-refractivity contribution in [1.29, 1.82) is 0 Å². The Bertz CT molecular complexity index is 800. The Hall–Kier alpha value is -1.59. The van der Waals surface area contributed by atoms with Crippen molar-refractivity contribution in [3.05, 3.63) is 64.2 Å². The number of aliphatic hydroxyl groups is 2. The number of hydrogen-bond donors (Lipinski definition) is 2. The van der Waals surface area contributed by atoms with E-state index < -0.39 is 12.2 Å². The molecule has 4 rings (SSSR count). The Labute approximate surface area is 165 Å². The molecule has 0 amide bonds. The van der Waals surface area contributed by atoms with E-state index in [9.17, 15) is 10.2 Å². The van der Waals surface area contributed by atoms with E-state index in [4.69, 9.17) is 16.3 Å². The van der Waals surface area contributed by atoms with Gasteiger partial charge < -0.3 is 19.8 Å². The lowest BCUT2D eigenvalue weighted by atomic mass is 9.81. The van der Waals surface area contributed by atoms with E-state index in [0.29, 0.717) is 18.0 Å². The number of likely N-dealkylation sites (tertiary alicyclic amines) is 1. The number of aliphatic hydroxyl groups excluding tert-OH is 2. The summed E-state index contributed by atoms with van der Waals surface area (Å²) in [6.07, 6.45) is 1.24. The fourth-order valence-electron chi connectivity index (χ4n) is 4.20. The van der Waals surface area contributed by atoms with E-state index >= 15 is 0 Å². The molecule has 2 aliphatic heterocycles. The normalized spacial score (nSPS) is 22.9. The molecule has 2 N–H and O–H groups in total. The number of ether oxygens (including phenoxy) is 1. The van der Waals surface area contributed by atoms with Crippen LogP contribution in [0.2, 0.25) is 5.02 Å². The van der Waals surface area contributed by atoms with E-state index in [-0.39, 0.29) is 5.60 Å². The quantitative estimate of drug-likeness (QED) is 0.834. The molecule has 0 aliphatic carbocycles. The fraction of sp³-hybridized carbons (Fsp3) is 0.455. The van der Waals surface area contributed by atoms with Gasteiger partial charge in [0.1, 0.15) is 11.4 Å². The lowest BCUT2D eigenvalue weighted by molar-refractivity contribution is -0.0587. The van der Waals surface area contributed by atoms with Crippen LogP contribution < -0.4 is 4.74 Å². The minimum Gasteiger partial charge on any atom is -0.487 e. The zero-order valence-corrected chi connectivity index (χ0v) is 16.3. The minimum atomic E-state index is -0.544. The van der Waals surface area contributed by atoms with E-state index in [0.717, 1.165) is 42.8 Å². The molecule has 5 heteroatoms. The molecule has 1 fully saturated rings. The average molecular weight is 388 g/mol. The van der Waals surface area contributed by atoms with Crippen molar-refractivity contribution in [2.24, 2.45) is 0 Å². The summed E-state index contributed by atoms with van der Waals surface area (Å²) in [7, 11) is 0. The molecule has 0 aromatic heterocycles. The first-order valence-electron chi connectivity index (χ1n) is 9.58. The Balaban J connectivity index is 1.39. The lowest BCUT2D eigenvalue weighted by Gasteiger charge is -2.46. The third-order valence-electron chi connectivity index (χ3n) is 5.88. The average Bonchev–Trinajstić information content (AvgIpc) is 2.65. The largest absolute Gasteiger partial charge is 0.487 e. The maximum atomic E-state index is 10.6. The number of aryl methyl sites for hydroxylation is 1. The number of nitrogens with zero attached hydrogens (tertiary/aromatic N) is 1. The molecule has 2 aliphatic rings. The smallest absolute Gasteiger partial charge is 0.126 e. The van der Waals surface area contributed by atoms with Crippen LogP contribution in [0.4, 0.5) is 0 Å². The highest BCUT2D eigenvalue weighted by Crippen LogP contribution is 2.45. The van der Waals surface area contributed by atoms with Crippen molar-refractivity contribution < 1.29 is 14.9 Å². The molecule has 144 valence electrons. The maximum Gasteiger partial charge on any atom is 0.126 e. The first-order chi connectivity index (χ1) is 12.9. The molecule has 2 aromatic rings. The molecular formula is C22H26ClNO3. The second-order valence-corrected chi connectivity index (χ2v) is 8.35. The number of fused-ring (bicyclic) bond motifs is 1. The number of halogens is 1. The summed E-state index contributed by atoms with van der Waals surface area (Å²) in [5.41, 5.74) is 2.60. The number of β-amino-alcohol motifs (C(OH)–C–C–N with tert-alkyl or cyclic N) is 1. The van der Waals surface area contributed by atoms with Crippen LogP contribution in [0.5, 0.6) is 5.75 Å². The van der Waals surface area contributed by atoms with E-state index in [1.54, 1.807) is 12.1 Å². The number of benzene rings is 2. The summed E-state index contributed by atoms with van der Waals surface area (Å²) < 4.78 is 6.33. The molecule has 0 radical (unpaired) electrons. The van der Waals surface area contributed by atoms with Crippen LogP contribution in [0.3, 0.4) is 0 Å². The lowest BCUT2D eigenvalue weighted by Crippen LogP contribution is -2.51. The molecule has 0 bridgehead atoms. The molecule has 2 aromatic carbocycles. The van der Waals surface area contributed by atoms with E-state index in [1.807, 2.05) is 37.3 Å². The highest BCUT2D eigenvalue weighted by atomic mass is 35.5. The van der Waals surface area contributed by atoms with Crippen molar-refractivity contribution in [2.75, 3.05) is 19.6 Å². The van der Waals surface area contributed by atoms with Gasteiger partial charge in [-0.1, -0.05) is 41.4 Å². The number of piperidine rings is 1. The first-order valence-corrected chi connectivity index (χ1v) is 9.95. The van der Waals surface area contributed by atoms with Crippen LogP contribution in [0.25, 0.3) is 0 Å². The zero-order valence-electron chi connectivity index (χ0n) is 15.6. The van der Waals surface area contributed by atoms with Gasteiger partial charge in [0.2, 0.25) is 0 Å². The summed E-state index contributed by atoms with van der Waals surface area (Å²) in [5, 5.41) is 21.7. The molecule has 2 heterocycles. The molecule has 0 saturated carbocycles. The molecule has 1 spiro atoms. The van der Waals surface area contributed by atoms with Crippen LogP contribution >= 0.6 is 11.6 Å². The second-order valence-electron chi connectivity index (χ2n) is 7.91. The summed E-state index contributed by atoms with van der Waals surface area (Å²) >= 11 is 6.05. The van der Waals surface area contributed by atoms with Gasteiger partial charge in [-0.05, 0) is 43.5 Å². The van der Waals surface area contributed by atoms with Gasteiger partial charge in [0.05, 0.1) is 12.2 Å². The van der Waals surface area contributed by atoms with Crippen molar-refractivity contribution in [3.63, 3.8) is 0 Å². The van der Waals surface area contributed by atoms with Gasteiger partial charge in [-0.2, -0.15) is 0 Å². The van der Waals surface area contributed by atoms with Crippen LogP contribution in [0.15, 0.2) is 42.5 Å². The molecule has 2 atom stereocenters. The SMILES string of the molecule is Cc1ccc([C@@H](O)CN2CCC3(CC2)C[C@@H](O)c2cc(Cl)ccc2O3)cc1. The fourth-order valence-corrected chi connectivity index (χ4v) is 4.38. The van der Waals surface area contributed by atoms with Gasteiger partial charge >= 0.3 is 0 Å². The Morgan fingerprint density at radius 3 is 2.59 bits per heavy atom. The van der Waals surface area contributed by atoms with Crippen LogP contribution in [0.1, 0.15) is 48.2 Å². The Morgan fingerprint density at radius 1 is 1.19 bits per heavy atom. The molecule has 0 unspecified atom stereocenters. The highest BCUT2D eigenvalue weighted by Gasteiger charge is 2.43. The standard InChI is InChI=1S/C22H26ClNO3/c1-15-2-4-16(5-3-15)20(26)14-24-10-8-22(9-11-24)13-19(25)18-12-17(23)6-7-21(18)27-22/h2-7,12,19-20,25-26H,8-11,13-14H2,1H3/t19-,20+/m1/s1. The van der Waals surface area contributed by atoms with Crippen molar-refractivity contribution >= 4 is 11.6 Å². The van der Waals surface area contributed by atoms with Gasteiger partial charge in [-0.25, -0.2) is 0 Å². The summed E-state index contributed by atoms with van der Waals surface area (Å²) in [6, 6.07) is 13.5. The second kappa shape index (κ2) is 7.44. The van der Waals surface area contributed by atoms with Crippen molar-refractivity contribution in [2.45, 2.75) is 44.0 Å². The summed E-state index contributed by atoms with van der Waals surface area (Å²) in [5.74, 6) is 0.742. The molecule has 27 heavy (non-hydrogen) atoms. The van der Waals surface area contributed by atoms with Crippen LogP contribution in [-0.4, -0.2) is 40.3 Å². The monoisotopic (exact) mass is 387 g/mol. The van der Waals surface area contributed by atoms with Gasteiger partial charge in [0.15, 0.2) is 0 Å². The first kappa shape index (κ1) is 18.8. The summed E-state index contributed by atoms with van der Waals surface area (Å²) in [6.45, 7) is 4.36. The predicted octanol–water partition coefficient (Wildman–Crippen LogP) is 4.03. The van der Waals surface area contributed by atoms with Crippen molar-refractivity contribution in [1.82, 2.24) is 4.90 Å². The Morgan fingerprint density at radius 2 is 1.89 bits per heavy atom. The van der Waals surface area contributed by atoms with Crippen LogP contribution in [0, 0.1) is 6.92 Å². The molecular weight excluding hydrogens is 362 g/mol. The van der Waals surface area contributed by atoms with Crippen LogP contribution in [-0.2, 0) is 0 Å².